The van der Waals surface area contributed by atoms with Crippen molar-refractivity contribution in [3.8, 4) is 0 Å². The van der Waals surface area contributed by atoms with Gasteiger partial charge in [-0.1, -0.05) is 27.2 Å². The Morgan fingerprint density at radius 2 is 1.89 bits per heavy atom. The van der Waals surface area contributed by atoms with Gasteiger partial charge in [-0.2, -0.15) is 0 Å². The van der Waals surface area contributed by atoms with Crippen LogP contribution in [0.3, 0.4) is 0 Å². The Labute approximate surface area is 112 Å². The summed E-state index contributed by atoms with van der Waals surface area (Å²) in [4.78, 5) is 11.4. The van der Waals surface area contributed by atoms with Crippen LogP contribution in [0, 0.1) is 11.3 Å². The van der Waals surface area contributed by atoms with Crippen molar-refractivity contribution in [1.29, 1.82) is 0 Å². The lowest BCUT2D eigenvalue weighted by Crippen LogP contribution is -2.44. The van der Waals surface area contributed by atoms with Gasteiger partial charge in [0, 0.05) is 6.04 Å². The van der Waals surface area contributed by atoms with Crippen molar-refractivity contribution in [2.75, 3.05) is 7.11 Å². The molecule has 18 heavy (non-hydrogen) atoms. The van der Waals surface area contributed by atoms with E-state index in [1.807, 2.05) is 6.92 Å². The summed E-state index contributed by atoms with van der Waals surface area (Å²) in [7, 11) is 1.45. The fourth-order valence-electron chi connectivity index (χ4n) is 2.93. The van der Waals surface area contributed by atoms with Gasteiger partial charge >= 0.3 is 5.97 Å². The molecule has 106 valence electrons. The van der Waals surface area contributed by atoms with Gasteiger partial charge in [-0.25, -0.2) is 0 Å². The van der Waals surface area contributed by atoms with Crippen molar-refractivity contribution in [3.05, 3.63) is 0 Å². The third-order valence-electron chi connectivity index (χ3n) is 4.78. The highest BCUT2D eigenvalue weighted by Crippen LogP contribution is 2.40. The maximum absolute atomic E-state index is 11.4. The summed E-state index contributed by atoms with van der Waals surface area (Å²) in [5, 5.41) is 3.38. The minimum absolute atomic E-state index is 0.161. The molecular formula is C15H29NO2. The molecule has 1 fully saturated rings. The second-order valence-corrected chi connectivity index (χ2v) is 6.30. The van der Waals surface area contributed by atoms with E-state index in [2.05, 4.69) is 26.1 Å². The molecule has 0 aromatic carbocycles. The van der Waals surface area contributed by atoms with Crippen molar-refractivity contribution < 1.29 is 9.53 Å². The van der Waals surface area contributed by atoms with Crippen molar-refractivity contribution in [1.82, 2.24) is 5.32 Å². The highest BCUT2D eigenvalue weighted by atomic mass is 16.5. The number of carbonyl (C=O) groups excluding carboxylic acids is 1. The molecule has 0 heterocycles. The van der Waals surface area contributed by atoms with Gasteiger partial charge in [-0.05, 0) is 43.9 Å². The van der Waals surface area contributed by atoms with Gasteiger partial charge in [0.15, 0.2) is 0 Å². The minimum atomic E-state index is -0.185. The smallest absolute Gasteiger partial charge is 0.322 e. The van der Waals surface area contributed by atoms with Crippen LogP contribution in [0.1, 0.15) is 59.8 Å². The minimum Gasteiger partial charge on any atom is -0.468 e. The van der Waals surface area contributed by atoms with Crippen LogP contribution in [0.4, 0.5) is 0 Å². The fourth-order valence-corrected chi connectivity index (χ4v) is 2.93. The van der Waals surface area contributed by atoms with Gasteiger partial charge in [0.25, 0.3) is 0 Å². The Morgan fingerprint density at radius 1 is 1.33 bits per heavy atom. The molecule has 0 saturated heterocycles. The Bertz CT molecular complexity index is 268. The van der Waals surface area contributed by atoms with Crippen LogP contribution in [-0.2, 0) is 9.53 Å². The lowest BCUT2D eigenvalue weighted by Gasteiger charge is -2.39. The molecule has 1 aliphatic rings. The Morgan fingerprint density at radius 3 is 2.33 bits per heavy atom. The van der Waals surface area contributed by atoms with Crippen LogP contribution in [0.15, 0.2) is 0 Å². The average molecular weight is 255 g/mol. The largest absolute Gasteiger partial charge is 0.468 e. The van der Waals surface area contributed by atoms with Crippen molar-refractivity contribution >= 4 is 5.97 Å². The molecule has 0 unspecified atom stereocenters. The predicted octanol–water partition coefficient (Wildman–Crippen LogP) is 3.13. The first-order valence-corrected chi connectivity index (χ1v) is 7.24. The SMILES string of the molecule is CCC(C)(C)C1CCC(N[C@@H](C)C(=O)OC)CC1. The average Bonchev–Trinajstić information content (AvgIpc) is 2.38. The molecule has 1 rings (SSSR count). The molecule has 1 saturated carbocycles. The number of nitrogens with one attached hydrogen (secondary N) is 1. The lowest BCUT2D eigenvalue weighted by molar-refractivity contribution is -0.142. The monoisotopic (exact) mass is 255 g/mol. The maximum Gasteiger partial charge on any atom is 0.322 e. The van der Waals surface area contributed by atoms with E-state index >= 15 is 0 Å². The summed E-state index contributed by atoms with van der Waals surface area (Å²) in [6, 6.07) is 0.291. The Kier molecular flexibility index (Phi) is 5.64. The first kappa shape index (κ1) is 15.5. The summed E-state index contributed by atoms with van der Waals surface area (Å²) in [6.45, 7) is 8.92. The van der Waals surface area contributed by atoms with Gasteiger partial charge in [-0.3, -0.25) is 4.79 Å². The van der Waals surface area contributed by atoms with Crippen LogP contribution < -0.4 is 5.32 Å². The zero-order valence-electron chi connectivity index (χ0n) is 12.6. The van der Waals surface area contributed by atoms with E-state index in [0.717, 1.165) is 5.92 Å². The van der Waals surface area contributed by atoms with E-state index in [1.165, 1.54) is 39.2 Å². The van der Waals surface area contributed by atoms with Crippen molar-refractivity contribution in [3.63, 3.8) is 0 Å². The molecule has 0 radical (unpaired) electrons. The van der Waals surface area contributed by atoms with Crippen LogP contribution in [-0.4, -0.2) is 25.2 Å². The number of rotatable bonds is 5. The van der Waals surface area contributed by atoms with Crippen molar-refractivity contribution in [2.45, 2.75) is 71.9 Å². The maximum atomic E-state index is 11.4. The van der Waals surface area contributed by atoms with Gasteiger partial charge in [0.2, 0.25) is 0 Å². The number of methoxy groups -OCH3 is 1. The Balaban J connectivity index is 2.38. The van der Waals surface area contributed by atoms with E-state index in [4.69, 9.17) is 4.74 Å². The van der Waals surface area contributed by atoms with Gasteiger partial charge in [0.1, 0.15) is 6.04 Å². The molecule has 1 aliphatic carbocycles. The van der Waals surface area contributed by atoms with E-state index in [-0.39, 0.29) is 12.0 Å². The van der Waals surface area contributed by atoms with Crippen molar-refractivity contribution in [2.24, 2.45) is 11.3 Å². The fraction of sp³-hybridized carbons (Fsp3) is 0.933. The Hall–Kier alpha value is -0.570. The first-order chi connectivity index (χ1) is 8.40. The quantitative estimate of drug-likeness (QED) is 0.767. The zero-order chi connectivity index (χ0) is 13.8. The molecular weight excluding hydrogens is 226 g/mol. The number of hydrogen-bond acceptors (Lipinski definition) is 3. The summed E-state index contributed by atoms with van der Waals surface area (Å²) < 4.78 is 4.74. The van der Waals surface area contributed by atoms with E-state index in [9.17, 15) is 4.79 Å². The number of esters is 1. The summed E-state index contributed by atoms with van der Waals surface area (Å²) in [6.07, 6.45) is 6.14. The number of carbonyl (C=O) groups is 1. The summed E-state index contributed by atoms with van der Waals surface area (Å²) >= 11 is 0. The second kappa shape index (κ2) is 6.55. The highest BCUT2D eigenvalue weighted by Gasteiger charge is 2.32. The molecule has 3 nitrogen and oxygen atoms in total. The summed E-state index contributed by atoms with van der Waals surface area (Å²) in [5.74, 6) is 0.667. The predicted molar refractivity (Wildman–Crippen MR) is 74.4 cm³/mol. The lowest BCUT2D eigenvalue weighted by atomic mass is 9.69. The number of ether oxygens (including phenoxy) is 1. The van der Waals surface area contributed by atoms with E-state index < -0.39 is 0 Å². The number of hydrogen-bond donors (Lipinski definition) is 1. The van der Waals surface area contributed by atoms with Crippen LogP contribution in [0.2, 0.25) is 0 Å². The molecule has 0 spiro atoms. The second-order valence-electron chi connectivity index (χ2n) is 6.30. The van der Waals surface area contributed by atoms with E-state index in [0.29, 0.717) is 11.5 Å². The normalized spacial score (nSPS) is 26.7. The first-order valence-electron chi connectivity index (χ1n) is 7.24. The van der Waals surface area contributed by atoms with Crippen LogP contribution in [0.5, 0.6) is 0 Å². The van der Waals surface area contributed by atoms with Gasteiger partial charge in [0.05, 0.1) is 7.11 Å². The van der Waals surface area contributed by atoms with Crippen LogP contribution in [0.25, 0.3) is 0 Å². The molecule has 1 N–H and O–H groups in total. The topological polar surface area (TPSA) is 38.3 Å². The molecule has 0 bridgehead atoms. The molecule has 0 aromatic rings. The van der Waals surface area contributed by atoms with Crippen LogP contribution >= 0.6 is 0 Å². The summed E-state index contributed by atoms with van der Waals surface area (Å²) in [5.41, 5.74) is 0.457. The van der Waals surface area contributed by atoms with E-state index in [1.54, 1.807) is 0 Å². The third-order valence-corrected chi connectivity index (χ3v) is 4.78. The zero-order valence-corrected chi connectivity index (χ0v) is 12.6. The standard InChI is InChI=1S/C15H29NO2/c1-6-15(3,4)12-7-9-13(10-8-12)16-11(2)14(17)18-5/h11-13,16H,6-10H2,1-5H3/t11-,12?,13?/m0/s1. The molecule has 0 amide bonds. The molecule has 0 aliphatic heterocycles. The molecule has 1 atom stereocenters. The van der Waals surface area contributed by atoms with Gasteiger partial charge < -0.3 is 10.1 Å². The highest BCUT2D eigenvalue weighted by molar-refractivity contribution is 5.75. The third kappa shape index (κ3) is 3.98. The molecule has 3 heteroatoms. The molecule has 0 aromatic heterocycles. The van der Waals surface area contributed by atoms with Gasteiger partial charge in [-0.15, -0.1) is 0 Å².